The van der Waals surface area contributed by atoms with Gasteiger partial charge in [-0.15, -0.1) is 0 Å². The predicted molar refractivity (Wildman–Crippen MR) is 96.2 cm³/mol. The highest BCUT2D eigenvalue weighted by Crippen LogP contribution is 2.32. The van der Waals surface area contributed by atoms with Crippen LogP contribution in [0.15, 0.2) is 54.9 Å². The van der Waals surface area contributed by atoms with Gasteiger partial charge in [-0.1, -0.05) is 35.3 Å². The van der Waals surface area contributed by atoms with Gasteiger partial charge in [-0.2, -0.15) is 13.2 Å². The minimum atomic E-state index is -4.55. The Balaban J connectivity index is 1.82. The molecule has 3 aromatic rings. The standard InChI is InChI=1S/C18H12Cl2F3N3O/c19-13-4-1-3-11(7-13)9-25-17(27)15-5-2-6-26(15)16-14(20)8-12(10-24-16)18(21,22)23/h1-8,10H,9H2,(H,25,27). The molecule has 27 heavy (non-hydrogen) atoms. The third-order valence-electron chi connectivity index (χ3n) is 3.70. The molecule has 0 saturated carbocycles. The highest BCUT2D eigenvalue weighted by atomic mass is 35.5. The van der Waals surface area contributed by atoms with Crippen LogP contribution in [0.25, 0.3) is 5.82 Å². The lowest BCUT2D eigenvalue weighted by molar-refractivity contribution is -0.137. The maximum Gasteiger partial charge on any atom is 0.417 e. The Hall–Kier alpha value is -2.51. The van der Waals surface area contributed by atoms with E-state index in [-0.39, 0.29) is 23.1 Å². The van der Waals surface area contributed by atoms with Crippen LogP contribution in [0.4, 0.5) is 13.2 Å². The summed E-state index contributed by atoms with van der Waals surface area (Å²) in [7, 11) is 0. The Morgan fingerprint density at radius 1 is 1.15 bits per heavy atom. The van der Waals surface area contributed by atoms with Crippen molar-refractivity contribution in [3.63, 3.8) is 0 Å². The molecular weight excluding hydrogens is 402 g/mol. The molecular formula is C18H12Cl2F3N3O. The van der Waals surface area contributed by atoms with E-state index in [4.69, 9.17) is 23.2 Å². The highest BCUT2D eigenvalue weighted by molar-refractivity contribution is 6.32. The number of rotatable bonds is 4. The molecule has 2 heterocycles. The molecule has 0 saturated heterocycles. The number of nitrogens with zero attached hydrogens (tertiary/aromatic N) is 2. The first-order valence-corrected chi connectivity index (χ1v) is 8.44. The third kappa shape index (κ3) is 4.43. The van der Waals surface area contributed by atoms with E-state index in [0.717, 1.165) is 11.6 Å². The zero-order valence-corrected chi connectivity index (χ0v) is 15.1. The summed E-state index contributed by atoms with van der Waals surface area (Å²) in [4.78, 5) is 16.3. The molecule has 0 bridgehead atoms. The van der Waals surface area contributed by atoms with Crippen molar-refractivity contribution in [2.24, 2.45) is 0 Å². The summed E-state index contributed by atoms with van der Waals surface area (Å²) in [5.41, 5.74) is 0.0289. The van der Waals surface area contributed by atoms with Crippen LogP contribution in [0.3, 0.4) is 0 Å². The Bertz CT molecular complexity index is 986. The molecule has 0 aliphatic carbocycles. The van der Waals surface area contributed by atoms with E-state index in [1.54, 1.807) is 30.3 Å². The Kier molecular flexibility index (Phi) is 5.43. The molecule has 1 amide bonds. The molecule has 9 heteroatoms. The summed E-state index contributed by atoms with van der Waals surface area (Å²) in [6.07, 6.45) is -2.38. The third-order valence-corrected chi connectivity index (χ3v) is 4.21. The Morgan fingerprint density at radius 2 is 1.93 bits per heavy atom. The first-order chi connectivity index (χ1) is 12.8. The second-order valence-corrected chi connectivity index (χ2v) is 6.45. The van der Waals surface area contributed by atoms with Gasteiger partial charge in [-0.05, 0) is 35.9 Å². The number of amides is 1. The van der Waals surface area contributed by atoms with E-state index in [9.17, 15) is 18.0 Å². The van der Waals surface area contributed by atoms with Gasteiger partial charge in [0.25, 0.3) is 5.91 Å². The minimum absolute atomic E-state index is 0.0302. The quantitative estimate of drug-likeness (QED) is 0.644. The van der Waals surface area contributed by atoms with Gasteiger partial charge in [-0.25, -0.2) is 4.98 Å². The molecule has 0 aliphatic rings. The number of benzene rings is 1. The molecule has 1 aromatic carbocycles. The summed E-state index contributed by atoms with van der Waals surface area (Å²) < 4.78 is 39.6. The highest BCUT2D eigenvalue weighted by Gasteiger charge is 2.32. The maximum atomic E-state index is 12.8. The van der Waals surface area contributed by atoms with Crippen molar-refractivity contribution in [1.29, 1.82) is 0 Å². The van der Waals surface area contributed by atoms with Crippen molar-refractivity contribution in [3.05, 3.63) is 81.7 Å². The molecule has 1 N–H and O–H groups in total. The van der Waals surface area contributed by atoms with Crippen LogP contribution in [0.2, 0.25) is 10.0 Å². The van der Waals surface area contributed by atoms with Gasteiger partial charge in [0.2, 0.25) is 0 Å². The largest absolute Gasteiger partial charge is 0.417 e. The number of alkyl halides is 3. The fourth-order valence-corrected chi connectivity index (χ4v) is 2.90. The lowest BCUT2D eigenvalue weighted by Crippen LogP contribution is -2.25. The van der Waals surface area contributed by atoms with E-state index in [2.05, 4.69) is 10.3 Å². The zero-order valence-electron chi connectivity index (χ0n) is 13.6. The van der Waals surface area contributed by atoms with Crippen LogP contribution >= 0.6 is 23.2 Å². The van der Waals surface area contributed by atoms with Gasteiger partial charge in [0.05, 0.1) is 10.6 Å². The van der Waals surface area contributed by atoms with Gasteiger partial charge in [-0.3, -0.25) is 9.36 Å². The van der Waals surface area contributed by atoms with E-state index in [1.165, 1.54) is 16.8 Å². The smallest absolute Gasteiger partial charge is 0.347 e. The van der Waals surface area contributed by atoms with Crippen LogP contribution in [0, 0.1) is 0 Å². The average Bonchev–Trinajstić information content (AvgIpc) is 3.08. The first-order valence-electron chi connectivity index (χ1n) is 7.69. The molecule has 0 aliphatic heterocycles. The van der Waals surface area contributed by atoms with Gasteiger partial charge in [0.1, 0.15) is 5.69 Å². The van der Waals surface area contributed by atoms with Crippen molar-refractivity contribution in [2.45, 2.75) is 12.7 Å². The van der Waals surface area contributed by atoms with Crippen molar-refractivity contribution >= 4 is 29.1 Å². The molecule has 0 radical (unpaired) electrons. The second-order valence-electron chi connectivity index (χ2n) is 5.60. The van der Waals surface area contributed by atoms with E-state index in [1.807, 2.05) is 0 Å². The van der Waals surface area contributed by atoms with Crippen LogP contribution in [-0.2, 0) is 12.7 Å². The van der Waals surface area contributed by atoms with Gasteiger partial charge >= 0.3 is 6.18 Å². The predicted octanol–water partition coefficient (Wildman–Crippen LogP) is 5.13. The minimum Gasteiger partial charge on any atom is -0.347 e. The summed E-state index contributed by atoms with van der Waals surface area (Å²) >= 11 is 11.9. The number of halogens is 5. The van der Waals surface area contributed by atoms with Crippen molar-refractivity contribution in [1.82, 2.24) is 14.9 Å². The Labute approximate surface area is 162 Å². The average molecular weight is 414 g/mol. The maximum absolute atomic E-state index is 12.8. The zero-order chi connectivity index (χ0) is 19.6. The lowest BCUT2D eigenvalue weighted by Gasteiger charge is -2.12. The van der Waals surface area contributed by atoms with Gasteiger partial charge in [0.15, 0.2) is 5.82 Å². The van der Waals surface area contributed by atoms with Crippen LogP contribution < -0.4 is 5.32 Å². The van der Waals surface area contributed by atoms with Gasteiger partial charge in [0, 0.05) is 24.0 Å². The molecule has 140 valence electrons. The number of carbonyl (C=O) groups is 1. The Morgan fingerprint density at radius 3 is 2.59 bits per heavy atom. The number of pyridine rings is 1. The van der Waals surface area contributed by atoms with Gasteiger partial charge < -0.3 is 5.32 Å². The number of nitrogens with one attached hydrogen (secondary N) is 1. The van der Waals surface area contributed by atoms with E-state index < -0.39 is 17.6 Å². The summed E-state index contributed by atoms with van der Waals surface area (Å²) in [6.45, 7) is 0.235. The number of carbonyl (C=O) groups excluding carboxylic acids is 1. The molecule has 0 unspecified atom stereocenters. The fourth-order valence-electron chi connectivity index (χ4n) is 2.43. The van der Waals surface area contributed by atoms with Crippen molar-refractivity contribution < 1.29 is 18.0 Å². The van der Waals surface area contributed by atoms with Crippen LogP contribution in [-0.4, -0.2) is 15.5 Å². The molecule has 0 fully saturated rings. The fraction of sp³-hybridized carbons (Fsp3) is 0.111. The van der Waals surface area contributed by atoms with E-state index >= 15 is 0 Å². The van der Waals surface area contributed by atoms with Crippen LogP contribution in [0.1, 0.15) is 21.6 Å². The second kappa shape index (κ2) is 7.62. The summed E-state index contributed by atoms with van der Waals surface area (Å²) in [6, 6.07) is 10.9. The monoisotopic (exact) mass is 413 g/mol. The summed E-state index contributed by atoms with van der Waals surface area (Å²) in [5.74, 6) is -0.402. The molecule has 0 spiro atoms. The first kappa shape index (κ1) is 19.3. The van der Waals surface area contributed by atoms with Crippen LogP contribution in [0.5, 0.6) is 0 Å². The summed E-state index contributed by atoms with van der Waals surface area (Å²) in [5, 5.41) is 3.05. The number of hydrogen-bond acceptors (Lipinski definition) is 2. The lowest BCUT2D eigenvalue weighted by atomic mass is 10.2. The normalized spacial score (nSPS) is 11.4. The number of hydrogen-bond donors (Lipinski definition) is 1. The molecule has 2 aromatic heterocycles. The topological polar surface area (TPSA) is 46.9 Å². The molecule has 0 atom stereocenters. The molecule has 4 nitrogen and oxygen atoms in total. The van der Waals surface area contributed by atoms with Crippen molar-refractivity contribution in [2.75, 3.05) is 0 Å². The number of aromatic nitrogens is 2. The van der Waals surface area contributed by atoms with E-state index in [0.29, 0.717) is 11.2 Å². The van der Waals surface area contributed by atoms with Crippen molar-refractivity contribution in [3.8, 4) is 5.82 Å². The molecule has 3 rings (SSSR count). The SMILES string of the molecule is O=C(NCc1cccc(Cl)c1)c1cccn1-c1ncc(C(F)(F)F)cc1Cl.